The third-order valence-corrected chi connectivity index (χ3v) is 14.3. The highest BCUT2D eigenvalue weighted by Crippen LogP contribution is 2.55. The number of anilines is 3. The molecule has 2 nitrogen and oxygen atoms in total. The fraction of sp³-hybridized carbons (Fsp3) is 0.308. The van der Waals surface area contributed by atoms with Crippen LogP contribution in [0, 0.1) is 11.8 Å². The van der Waals surface area contributed by atoms with Crippen molar-refractivity contribution in [3.63, 3.8) is 0 Å². The molecule has 4 aliphatic rings. The Kier molecular flexibility index (Phi) is 7.48. The minimum absolute atomic E-state index is 0.158. The highest BCUT2D eigenvalue weighted by molar-refractivity contribution is 6.15. The molecule has 7 aromatic rings. The van der Waals surface area contributed by atoms with E-state index < -0.39 is 0 Å². The second kappa shape index (κ2) is 12.5. The smallest absolute Gasteiger partial charge is 0.0622 e. The number of nitrogens with zero attached hydrogens (tertiary/aromatic N) is 2. The van der Waals surface area contributed by atoms with Gasteiger partial charge in [0.15, 0.2) is 0 Å². The molecule has 0 N–H and O–H groups in total. The van der Waals surface area contributed by atoms with E-state index in [0.29, 0.717) is 5.92 Å². The van der Waals surface area contributed by atoms with Crippen LogP contribution in [0.25, 0.3) is 38.6 Å². The van der Waals surface area contributed by atoms with E-state index in [0.717, 1.165) is 17.8 Å². The summed E-state index contributed by atoms with van der Waals surface area (Å²) in [5.41, 5.74) is 15.9. The third-order valence-electron chi connectivity index (χ3n) is 14.3. The Balaban J connectivity index is 1.06. The average Bonchev–Trinajstić information content (AvgIpc) is 4.00. The highest BCUT2D eigenvalue weighted by atomic mass is 15.1. The van der Waals surface area contributed by atoms with Gasteiger partial charge < -0.3 is 9.47 Å². The maximum atomic E-state index is 2.52. The van der Waals surface area contributed by atoms with Gasteiger partial charge in [-0.15, -0.1) is 0 Å². The number of fused-ring (bicyclic) bond motifs is 9. The Morgan fingerprint density at radius 2 is 1.28 bits per heavy atom. The van der Waals surface area contributed by atoms with Crippen LogP contribution in [-0.2, 0) is 5.41 Å². The van der Waals surface area contributed by atoms with E-state index in [1.807, 2.05) is 0 Å². The Morgan fingerprint density at radius 3 is 2.00 bits per heavy atom. The lowest BCUT2D eigenvalue weighted by atomic mass is 9.82. The molecule has 0 aliphatic heterocycles. The van der Waals surface area contributed by atoms with Gasteiger partial charge in [-0.05, 0) is 138 Å². The molecular weight excluding hydrogens is 653 g/mol. The third kappa shape index (κ3) is 4.98. The Labute approximate surface area is 320 Å². The van der Waals surface area contributed by atoms with Gasteiger partial charge in [0, 0.05) is 44.5 Å². The number of rotatable bonds is 6. The molecule has 1 aromatic heterocycles. The van der Waals surface area contributed by atoms with Crippen LogP contribution in [-0.4, -0.2) is 4.57 Å². The summed E-state index contributed by atoms with van der Waals surface area (Å²) < 4.78 is 2.50. The molecule has 0 radical (unpaired) electrons. The molecule has 6 aromatic carbocycles. The molecular formula is C52H50N2. The molecule has 3 saturated carbocycles. The van der Waals surface area contributed by atoms with Crippen molar-refractivity contribution in [2.75, 3.05) is 4.90 Å². The van der Waals surface area contributed by atoms with Crippen LogP contribution in [0.1, 0.15) is 106 Å². The van der Waals surface area contributed by atoms with Crippen molar-refractivity contribution in [2.24, 2.45) is 11.8 Å². The van der Waals surface area contributed by atoms with Gasteiger partial charge in [-0.1, -0.05) is 118 Å². The van der Waals surface area contributed by atoms with Gasteiger partial charge in [0.05, 0.1) is 11.0 Å². The van der Waals surface area contributed by atoms with E-state index in [-0.39, 0.29) is 5.41 Å². The molecule has 268 valence electrons. The van der Waals surface area contributed by atoms with Crippen molar-refractivity contribution >= 4 is 38.9 Å². The van der Waals surface area contributed by atoms with Crippen molar-refractivity contribution in [3.8, 4) is 16.8 Å². The minimum atomic E-state index is -0.158. The predicted molar refractivity (Wildman–Crippen MR) is 227 cm³/mol. The SMILES string of the molecule is CC1(C)c2cc(N(c3ccc(C4CCCCC4)cc3)c3ccc(C4CC5CCC4C5)cc3)ccc2-c2c1ccc1c3ccccc3n(-c3ccccc3)c21. The van der Waals surface area contributed by atoms with Gasteiger partial charge >= 0.3 is 0 Å². The lowest BCUT2D eigenvalue weighted by Gasteiger charge is -2.29. The fourth-order valence-electron chi connectivity index (χ4n) is 11.6. The van der Waals surface area contributed by atoms with Crippen molar-refractivity contribution in [3.05, 3.63) is 156 Å². The molecule has 2 heteroatoms. The van der Waals surface area contributed by atoms with Crippen molar-refractivity contribution in [1.82, 2.24) is 4.57 Å². The zero-order valence-corrected chi connectivity index (χ0v) is 31.8. The first kappa shape index (κ1) is 32.4. The molecule has 1 heterocycles. The Hall–Kier alpha value is -5.08. The first-order chi connectivity index (χ1) is 26.5. The quantitative estimate of drug-likeness (QED) is 0.167. The predicted octanol–water partition coefficient (Wildman–Crippen LogP) is 14.5. The molecule has 0 saturated heterocycles. The first-order valence-electron chi connectivity index (χ1n) is 20.8. The summed E-state index contributed by atoms with van der Waals surface area (Å²) in [4.78, 5) is 2.52. The maximum absolute atomic E-state index is 2.52. The van der Waals surface area contributed by atoms with E-state index in [4.69, 9.17) is 0 Å². The molecule has 3 fully saturated rings. The van der Waals surface area contributed by atoms with Crippen LogP contribution < -0.4 is 4.90 Å². The second-order valence-electron chi connectivity index (χ2n) is 17.6. The van der Waals surface area contributed by atoms with Crippen LogP contribution in [0.15, 0.2) is 133 Å². The van der Waals surface area contributed by atoms with Crippen molar-refractivity contribution in [1.29, 1.82) is 0 Å². The van der Waals surface area contributed by atoms with Gasteiger partial charge in [0.1, 0.15) is 0 Å². The molecule has 4 aliphatic carbocycles. The Bertz CT molecular complexity index is 2510. The van der Waals surface area contributed by atoms with Gasteiger partial charge in [-0.3, -0.25) is 0 Å². The summed E-state index contributed by atoms with van der Waals surface area (Å²) in [7, 11) is 0. The number of aromatic nitrogens is 1. The standard InChI is InChI=1S/C52H50N2/c1-52(2)47-30-29-44-43-15-9-10-16-49(43)54(39-13-7-4-8-14-39)51(44)50(47)45-28-27-42(33-48(45)52)53(40-23-19-36(20-24-40)35-11-5-3-6-12-35)41-25-21-37(22-26-41)46-32-34-17-18-38(46)31-34/h4,7-10,13-16,19-30,33-35,38,46H,3,5-6,11-12,17-18,31-32H2,1-2H3. The summed E-state index contributed by atoms with van der Waals surface area (Å²) in [6, 6.07) is 51.3. The topological polar surface area (TPSA) is 8.17 Å². The maximum Gasteiger partial charge on any atom is 0.0622 e. The first-order valence-corrected chi connectivity index (χ1v) is 20.8. The number of hydrogen-bond acceptors (Lipinski definition) is 1. The molecule has 0 amide bonds. The number of para-hydroxylation sites is 2. The molecule has 11 rings (SSSR count). The summed E-state index contributed by atoms with van der Waals surface area (Å²) in [6.07, 6.45) is 12.4. The van der Waals surface area contributed by atoms with Gasteiger partial charge in [0.2, 0.25) is 0 Å². The Morgan fingerprint density at radius 1 is 0.574 bits per heavy atom. The van der Waals surface area contributed by atoms with Crippen LogP contribution in [0.2, 0.25) is 0 Å². The minimum Gasteiger partial charge on any atom is -0.310 e. The molecule has 3 unspecified atom stereocenters. The number of benzene rings is 6. The van der Waals surface area contributed by atoms with Crippen LogP contribution in [0.3, 0.4) is 0 Å². The van der Waals surface area contributed by atoms with Gasteiger partial charge in [-0.25, -0.2) is 0 Å². The summed E-state index contributed by atoms with van der Waals surface area (Å²) in [6.45, 7) is 4.85. The van der Waals surface area contributed by atoms with E-state index in [1.54, 1.807) is 5.56 Å². The molecule has 54 heavy (non-hydrogen) atoms. The van der Waals surface area contributed by atoms with Crippen molar-refractivity contribution in [2.45, 2.75) is 88.9 Å². The molecule has 3 atom stereocenters. The van der Waals surface area contributed by atoms with Gasteiger partial charge in [0.25, 0.3) is 0 Å². The van der Waals surface area contributed by atoms with Crippen LogP contribution in [0.4, 0.5) is 17.1 Å². The van der Waals surface area contributed by atoms with Crippen LogP contribution in [0.5, 0.6) is 0 Å². The summed E-state index contributed by atoms with van der Waals surface area (Å²) >= 11 is 0. The number of hydrogen-bond donors (Lipinski definition) is 0. The van der Waals surface area contributed by atoms with Crippen LogP contribution >= 0.6 is 0 Å². The van der Waals surface area contributed by atoms with E-state index >= 15 is 0 Å². The fourth-order valence-corrected chi connectivity index (χ4v) is 11.6. The highest BCUT2D eigenvalue weighted by Gasteiger charge is 2.41. The monoisotopic (exact) mass is 702 g/mol. The van der Waals surface area contributed by atoms with Crippen molar-refractivity contribution < 1.29 is 0 Å². The van der Waals surface area contributed by atoms with E-state index in [1.165, 1.54) is 130 Å². The normalized spacial score (nSPS) is 21.5. The lowest BCUT2D eigenvalue weighted by Crippen LogP contribution is -2.17. The summed E-state index contributed by atoms with van der Waals surface area (Å²) in [5.74, 6) is 3.28. The van der Waals surface area contributed by atoms with E-state index in [9.17, 15) is 0 Å². The largest absolute Gasteiger partial charge is 0.310 e. The lowest BCUT2D eigenvalue weighted by molar-refractivity contribution is 0.420. The zero-order valence-electron chi connectivity index (χ0n) is 31.8. The molecule has 0 spiro atoms. The average molecular weight is 703 g/mol. The molecule has 2 bridgehead atoms. The second-order valence-corrected chi connectivity index (χ2v) is 17.6. The van der Waals surface area contributed by atoms with E-state index in [2.05, 4.69) is 157 Å². The van der Waals surface area contributed by atoms with Gasteiger partial charge in [-0.2, -0.15) is 0 Å². The zero-order chi connectivity index (χ0) is 36.0. The summed E-state index contributed by atoms with van der Waals surface area (Å²) in [5, 5.41) is 2.62.